The standard InChI is InChI=1S/C22H20FN7.C2H6/c1-26-14-18(12-24)28-22-27-13-16(8-7-15-5-3-2-4-6-15)21(30-22)29-20-11-17(25)9-10-19(20)23;1-2/h2-6,9-14H,24-25H2,1H3,(H2,27,28,29,30);1-2H3/b18-12+,26-14?;. The Morgan fingerprint density at radius 2 is 1.88 bits per heavy atom. The smallest absolute Gasteiger partial charge is 0.229 e. The van der Waals surface area contributed by atoms with Crippen molar-refractivity contribution in [3.05, 3.63) is 83.6 Å². The number of halogens is 1. The van der Waals surface area contributed by atoms with Crippen molar-refractivity contribution in [3.8, 4) is 11.8 Å². The van der Waals surface area contributed by atoms with Crippen LogP contribution in [0.25, 0.3) is 0 Å². The number of hydrogen-bond donors (Lipinski definition) is 4. The summed E-state index contributed by atoms with van der Waals surface area (Å²) in [6, 6.07) is 13.7. The van der Waals surface area contributed by atoms with Crippen LogP contribution in [0.3, 0.4) is 0 Å². The molecular weight excluding hydrogens is 405 g/mol. The van der Waals surface area contributed by atoms with Crippen LogP contribution in [0.4, 0.5) is 27.5 Å². The number of hydrogen-bond acceptors (Lipinski definition) is 7. The van der Waals surface area contributed by atoms with Crippen molar-refractivity contribution in [1.82, 2.24) is 9.97 Å². The van der Waals surface area contributed by atoms with Crippen molar-refractivity contribution < 1.29 is 4.39 Å². The van der Waals surface area contributed by atoms with Crippen LogP contribution in [0.1, 0.15) is 25.0 Å². The fourth-order valence-electron chi connectivity index (χ4n) is 2.44. The van der Waals surface area contributed by atoms with Crippen LogP contribution in [0, 0.1) is 17.7 Å². The molecule has 0 fully saturated rings. The van der Waals surface area contributed by atoms with Crippen LogP contribution in [0.15, 0.2) is 71.6 Å². The van der Waals surface area contributed by atoms with E-state index in [0.717, 1.165) is 5.56 Å². The molecule has 164 valence electrons. The summed E-state index contributed by atoms with van der Waals surface area (Å²) in [4.78, 5) is 12.6. The first-order chi connectivity index (χ1) is 15.6. The van der Waals surface area contributed by atoms with Gasteiger partial charge in [0.2, 0.25) is 5.95 Å². The third-order valence-corrected chi connectivity index (χ3v) is 3.85. The number of nitrogen functional groups attached to an aromatic ring is 1. The summed E-state index contributed by atoms with van der Waals surface area (Å²) in [5.41, 5.74) is 13.8. The van der Waals surface area contributed by atoms with Crippen LogP contribution in [0.2, 0.25) is 0 Å². The van der Waals surface area contributed by atoms with Crippen molar-refractivity contribution in [2.45, 2.75) is 13.8 Å². The summed E-state index contributed by atoms with van der Waals surface area (Å²) in [5.74, 6) is 6.14. The molecule has 0 aliphatic rings. The quantitative estimate of drug-likeness (QED) is 0.272. The minimum Gasteiger partial charge on any atom is -0.403 e. The zero-order valence-electron chi connectivity index (χ0n) is 18.2. The minimum absolute atomic E-state index is 0.173. The van der Waals surface area contributed by atoms with Crippen molar-refractivity contribution in [1.29, 1.82) is 0 Å². The number of aromatic nitrogens is 2. The molecule has 0 saturated heterocycles. The highest BCUT2D eigenvalue weighted by atomic mass is 19.1. The van der Waals surface area contributed by atoms with E-state index in [2.05, 4.69) is 37.4 Å². The van der Waals surface area contributed by atoms with E-state index < -0.39 is 5.82 Å². The maximum absolute atomic E-state index is 14.2. The van der Waals surface area contributed by atoms with E-state index in [-0.39, 0.29) is 11.6 Å². The first-order valence-electron chi connectivity index (χ1n) is 9.96. The molecule has 0 spiro atoms. The molecule has 0 atom stereocenters. The van der Waals surface area contributed by atoms with Gasteiger partial charge >= 0.3 is 0 Å². The van der Waals surface area contributed by atoms with E-state index in [9.17, 15) is 4.39 Å². The average Bonchev–Trinajstić information content (AvgIpc) is 2.82. The third kappa shape index (κ3) is 6.85. The molecule has 6 N–H and O–H groups in total. The molecule has 0 aliphatic carbocycles. The Balaban J connectivity index is 0.00000176. The average molecular weight is 432 g/mol. The lowest BCUT2D eigenvalue weighted by molar-refractivity contribution is 0.632. The molecule has 3 rings (SSSR count). The van der Waals surface area contributed by atoms with Crippen LogP contribution in [-0.2, 0) is 0 Å². The molecule has 1 heterocycles. The molecule has 2 aromatic carbocycles. The van der Waals surface area contributed by atoms with E-state index in [0.29, 0.717) is 22.8 Å². The molecule has 32 heavy (non-hydrogen) atoms. The molecule has 8 heteroatoms. The Hall–Kier alpha value is -4.38. The lowest BCUT2D eigenvalue weighted by Crippen LogP contribution is -2.09. The fraction of sp³-hybridized carbons (Fsp3) is 0.125. The maximum Gasteiger partial charge on any atom is 0.229 e. The van der Waals surface area contributed by atoms with E-state index in [1.54, 1.807) is 7.05 Å². The highest BCUT2D eigenvalue weighted by molar-refractivity contribution is 5.82. The van der Waals surface area contributed by atoms with E-state index in [1.807, 2.05) is 44.2 Å². The second kappa shape index (κ2) is 12.3. The molecule has 0 unspecified atom stereocenters. The lowest BCUT2D eigenvalue weighted by atomic mass is 10.2. The highest BCUT2D eigenvalue weighted by Crippen LogP contribution is 2.24. The topological polar surface area (TPSA) is 114 Å². The minimum atomic E-state index is -0.472. The van der Waals surface area contributed by atoms with Gasteiger partial charge in [-0.05, 0) is 30.3 Å². The van der Waals surface area contributed by atoms with E-state index in [4.69, 9.17) is 11.5 Å². The molecule has 0 amide bonds. The maximum atomic E-state index is 14.2. The summed E-state index contributed by atoms with van der Waals surface area (Å²) in [7, 11) is 1.61. The number of nitrogens with two attached hydrogens (primary N) is 2. The molecule has 3 aromatic rings. The summed E-state index contributed by atoms with van der Waals surface area (Å²) in [6.45, 7) is 4.00. The number of allylic oxidation sites excluding steroid dienone is 1. The van der Waals surface area contributed by atoms with Crippen molar-refractivity contribution in [2.75, 3.05) is 23.4 Å². The van der Waals surface area contributed by atoms with Gasteiger partial charge in [-0.1, -0.05) is 43.9 Å². The zero-order valence-corrected chi connectivity index (χ0v) is 18.2. The molecule has 0 aliphatic heterocycles. The Labute approximate surface area is 187 Å². The van der Waals surface area contributed by atoms with Crippen LogP contribution >= 0.6 is 0 Å². The van der Waals surface area contributed by atoms with Crippen molar-refractivity contribution >= 4 is 29.4 Å². The second-order valence-electron chi connectivity index (χ2n) is 6.07. The summed E-state index contributed by atoms with van der Waals surface area (Å²) < 4.78 is 14.2. The van der Waals surface area contributed by atoms with E-state index >= 15 is 0 Å². The van der Waals surface area contributed by atoms with Crippen LogP contribution in [0.5, 0.6) is 0 Å². The Morgan fingerprint density at radius 1 is 1.12 bits per heavy atom. The summed E-state index contributed by atoms with van der Waals surface area (Å²) in [6.07, 6.45) is 4.40. The molecule has 7 nitrogen and oxygen atoms in total. The predicted octanol–water partition coefficient (Wildman–Crippen LogP) is 4.28. The van der Waals surface area contributed by atoms with Gasteiger partial charge in [0.15, 0.2) is 5.82 Å². The SMILES string of the molecule is CC.CN=C/C(=C\N)Nc1ncc(C#Cc2ccccc2)c(Nc2cc(N)ccc2F)n1. The van der Waals surface area contributed by atoms with Gasteiger partial charge in [0.25, 0.3) is 0 Å². The molecular formula is C24H26FN7. The monoisotopic (exact) mass is 431 g/mol. The van der Waals surface area contributed by atoms with Crippen LogP contribution < -0.4 is 22.1 Å². The number of rotatable bonds is 5. The first kappa shape index (κ1) is 23.9. The Kier molecular flexibility index (Phi) is 9.22. The number of nitrogens with one attached hydrogen (secondary N) is 2. The number of benzene rings is 2. The fourth-order valence-corrected chi connectivity index (χ4v) is 2.44. The summed E-state index contributed by atoms with van der Waals surface area (Å²) >= 11 is 0. The van der Waals surface area contributed by atoms with Crippen molar-refractivity contribution in [2.24, 2.45) is 10.7 Å². The van der Waals surface area contributed by atoms with Gasteiger partial charge in [-0.25, -0.2) is 9.37 Å². The van der Waals surface area contributed by atoms with Gasteiger partial charge in [-0.3, -0.25) is 4.99 Å². The van der Waals surface area contributed by atoms with Crippen LogP contribution in [-0.4, -0.2) is 23.2 Å². The van der Waals surface area contributed by atoms with E-state index in [1.165, 1.54) is 36.8 Å². The number of aliphatic imine (C=N–C) groups is 1. The highest BCUT2D eigenvalue weighted by Gasteiger charge is 2.10. The third-order valence-electron chi connectivity index (χ3n) is 3.85. The molecule has 1 aromatic heterocycles. The van der Waals surface area contributed by atoms with Gasteiger partial charge in [0.05, 0.1) is 23.1 Å². The normalized spacial score (nSPS) is 10.6. The van der Waals surface area contributed by atoms with Crippen molar-refractivity contribution in [3.63, 3.8) is 0 Å². The predicted molar refractivity (Wildman–Crippen MR) is 130 cm³/mol. The molecule has 0 radical (unpaired) electrons. The van der Waals surface area contributed by atoms with Gasteiger partial charge in [-0.15, -0.1) is 0 Å². The Morgan fingerprint density at radius 3 is 2.56 bits per heavy atom. The van der Waals surface area contributed by atoms with Gasteiger partial charge in [0.1, 0.15) is 5.82 Å². The van der Waals surface area contributed by atoms with Gasteiger partial charge in [0, 0.05) is 30.7 Å². The number of nitrogens with zero attached hydrogens (tertiary/aromatic N) is 3. The largest absolute Gasteiger partial charge is 0.403 e. The Bertz CT molecular complexity index is 1150. The van der Waals surface area contributed by atoms with Gasteiger partial charge in [-0.2, -0.15) is 4.98 Å². The molecule has 0 saturated carbocycles. The first-order valence-corrected chi connectivity index (χ1v) is 9.96. The summed E-state index contributed by atoms with van der Waals surface area (Å²) in [5, 5.41) is 5.89. The zero-order chi connectivity index (χ0) is 23.3. The van der Waals surface area contributed by atoms with Gasteiger partial charge < -0.3 is 22.1 Å². The second-order valence-corrected chi connectivity index (χ2v) is 6.07. The molecule has 0 bridgehead atoms. The lowest BCUT2D eigenvalue weighted by Gasteiger charge is -2.11. The number of anilines is 4.